The third-order valence-electron chi connectivity index (χ3n) is 5.13. The van der Waals surface area contributed by atoms with Crippen LogP contribution in [0.4, 0.5) is 4.39 Å². The van der Waals surface area contributed by atoms with Gasteiger partial charge in [-0.15, -0.1) is 0 Å². The van der Waals surface area contributed by atoms with E-state index in [0.717, 1.165) is 29.2 Å². The number of hydrogen-bond acceptors (Lipinski definition) is 2. The zero-order valence-electron chi connectivity index (χ0n) is 14.8. The average Bonchev–Trinajstić information content (AvgIpc) is 3.18. The molecule has 1 aliphatic rings. The van der Waals surface area contributed by atoms with Crippen molar-refractivity contribution < 1.29 is 4.39 Å². The minimum absolute atomic E-state index is 0.237. The summed E-state index contributed by atoms with van der Waals surface area (Å²) in [5, 5.41) is 3.69. The SMILES string of the molecule is Fc1ccc(-c2ncc(-c3cccc(CNC4CCCCC4)c3)[nH]2)cc1. The van der Waals surface area contributed by atoms with Gasteiger partial charge in [-0.1, -0.05) is 37.5 Å². The second-order valence-electron chi connectivity index (χ2n) is 7.07. The molecule has 134 valence electrons. The molecule has 2 N–H and O–H groups in total. The number of nitrogens with one attached hydrogen (secondary N) is 2. The van der Waals surface area contributed by atoms with E-state index >= 15 is 0 Å². The molecule has 2 aromatic carbocycles. The van der Waals surface area contributed by atoms with Gasteiger partial charge in [0.2, 0.25) is 0 Å². The van der Waals surface area contributed by atoms with Crippen LogP contribution >= 0.6 is 0 Å². The van der Waals surface area contributed by atoms with Crippen LogP contribution in [-0.2, 0) is 6.54 Å². The van der Waals surface area contributed by atoms with Crippen molar-refractivity contribution in [2.75, 3.05) is 0 Å². The van der Waals surface area contributed by atoms with Crippen molar-refractivity contribution in [3.05, 3.63) is 66.1 Å². The fourth-order valence-corrected chi connectivity index (χ4v) is 3.64. The first-order valence-corrected chi connectivity index (χ1v) is 9.41. The first kappa shape index (κ1) is 17.0. The molecule has 1 saturated carbocycles. The topological polar surface area (TPSA) is 40.7 Å². The van der Waals surface area contributed by atoms with Gasteiger partial charge in [0.1, 0.15) is 11.6 Å². The predicted molar refractivity (Wildman–Crippen MR) is 103 cm³/mol. The molecule has 0 amide bonds. The summed E-state index contributed by atoms with van der Waals surface area (Å²) in [6.07, 6.45) is 8.49. The first-order chi connectivity index (χ1) is 12.8. The lowest BCUT2D eigenvalue weighted by Crippen LogP contribution is -2.30. The Balaban J connectivity index is 1.47. The van der Waals surface area contributed by atoms with Crippen LogP contribution in [0.3, 0.4) is 0 Å². The molecule has 4 heteroatoms. The van der Waals surface area contributed by atoms with E-state index in [1.54, 1.807) is 12.1 Å². The predicted octanol–water partition coefficient (Wildman–Crippen LogP) is 5.31. The van der Waals surface area contributed by atoms with E-state index in [9.17, 15) is 4.39 Å². The van der Waals surface area contributed by atoms with E-state index in [4.69, 9.17) is 0 Å². The molecule has 3 aromatic rings. The highest BCUT2D eigenvalue weighted by Gasteiger charge is 2.12. The normalized spacial score (nSPS) is 15.3. The minimum Gasteiger partial charge on any atom is -0.338 e. The van der Waals surface area contributed by atoms with Crippen LogP contribution in [0.2, 0.25) is 0 Å². The second kappa shape index (κ2) is 7.83. The average molecular weight is 349 g/mol. The number of imidazole rings is 1. The van der Waals surface area contributed by atoms with Crippen molar-refractivity contribution in [3.63, 3.8) is 0 Å². The van der Waals surface area contributed by atoms with Gasteiger partial charge in [0.25, 0.3) is 0 Å². The molecule has 0 saturated heterocycles. The van der Waals surface area contributed by atoms with Gasteiger partial charge in [-0.05, 0) is 54.3 Å². The van der Waals surface area contributed by atoms with Gasteiger partial charge in [-0.25, -0.2) is 9.37 Å². The Kier molecular flexibility index (Phi) is 5.12. The Morgan fingerprint density at radius 1 is 1.00 bits per heavy atom. The van der Waals surface area contributed by atoms with Crippen LogP contribution < -0.4 is 5.32 Å². The van der Waals surface area contributed by atoms with Crippen molar-refractivity contribution in [1.82, 2.24) is 15.3 Å². The molecule has 0 unspecified atom stereocenters. The summed E-state index contributed by atoms with van der Waals surface area (Å²) in [5.74, 6) is 0.518. The van der Waals surface area contributed by atoms with Crippen molar-refractivity contribution >= 4 is 0 Å². The van der Waals surface area contributed by atoms with E-state index in [-0.39, 0.29) is 5.82 Å². The lowest BCUT2D eigenvalue weighted by molar-refractivity contribution is 0.372. The number of rotatable bonds is 5. The highest BCUT2D eigenvalue weighted by molar-refractivity contribution is 5.64. The third-order valence-corrected chi connectivity index (χ3v) is 5.13. The van der Waals surface area contributed by atoms with Gasteiger partial charge < -0.3 is 10.3 Å². The monoisotopic (exact) mass is 349 g/mol. The summed E-state index contributed by atoms with van der Waals surface area (Å²) in [7, 11) is 0. The number of nitrogens with zero attached hydrogens (tertiary/aromatic N) is 1. The van der Waals surface area contributed by atoms with E-state index in [1.165, 1.54) is 49.8 Å². The number of H-pyrrole nitrogens is 1. The summed E-state index contributed by atoms with van der Waals surface area (Å²) in [4.78, 5) is 7.79. The number of benzene rings is 2. The van der Waals surface area contributed by atoms with Crippen LogP contribution in [0, 0.1) is 5.82 Å². The summed E-state index contributed by atoms with van der Waals surface area (Å²) in [6, 6.07) is 15.6. The molecular formula is C22H24FN3. The zero-order chi connectivity index (χ0) is 17.8. The lowest BCUT2D eigenvalue weighted by atomic mass is 9.95. The van der Waals surface area contributed by atoms with Gasteiger partial charge in [0, 0.05) is 18.2 Å². The van der Waals surface area contributed by atoms with Crippen LogP contribution in [0.15, 0.2) is 54.7 Å². The van der Waals surface area contributed by atoms with Gasteiger partial charge in [-0.3, -0.25) is 0 Å². The molecule has 0 spiro atoms. The van der Waals surface area contributed by atoms with Crippen molar-refractivity contribution in [3.8, 4) is 22.6 Å². The Morgan fingerprint density at radius 2 is 1.81 bits per heavy atom. The third kappa shape index (κ3) is 4.02. The van der Waals surface area contributed by atoms with Gasteiger partial charge in [-0.2, -0.15) is 0 Å². The fourth-order valence-electron chi connectivity index (χ4n) is 3.64. The Bertz CT molecular complexity index is 848. The van der Waals surface area contributed by atoms with Crippen molar-refractivity contribution in [1.29, 1.82) is 0 Å². The van der Waals surface area contributed by atoms with Gasteiger partial charge >= 0.3 is 0 Å². The second-order valence-corrected chi connectivity index (χ2v) is 7.07. The molecule has 1 aliphatic carbocycles. The maximum Gasteiger partial charge on any atom is 0.137 e. The lowest BCUT2D eigenvalue weighted by Gasteiger charge is -2.23. The molecule has 26 heavy (non-hydrogen) atoms. The number of hydrogen-bond donors (Lipinski definition) is 2. The zero-order valence-corrected chi connectivity index (χ0v) is 14.8. The van der Waals surface area contributed by atoms with Gasteiger partial charge in [0.15, 0.2) is 0 Å². The smallest absolute Gasteiger partial charge is 0.137 e. The highest BCUT2D eigenvalue weighted by Crippen LogP contribution is 2.23. The summed E-state index contributed by atoms with van der Waals surface area (Å²) >= 11 is 0. The van der Waals surface area contributed by atoms with E-state index in [2.05, 4.69) is 39.6 Å². The molecule has 1 heterocycles. The maximum atomic E-state index is 13.1. The van der Waals surface area contributed by atoms with Crippen LogP contribution in [0.1, 0.15) is 37.7 Å². The quantitative estimate of drug-likeness (QED) is 0.656. The van der Waals surface area contributed by atoms with Crippen LogP contribution in [-0.4, -0.2) is 16.0 Å². The maximum absolute atomic E-state index is 13.1. The largest absolute Gasteiger partial charge is 0.338 e. The minimum atomic E-state index is -0.237. The van der Waals surface area contributed by atoms with Crippen LogP contribution in [0.5, 0.6) is 0 Å². The molecule has 0 bridgehead atoms. The molecule has 4 rings (SSSR count). The van der Waals surface area contributed by atoms with E-state index < -0.39 is 0 Å². The molecule has 1 aromatic heterocycles. The fraction of sp³-hybridized carbons (Fsp3) is 0.318. The summed E-state index contributed by atoms with van der Waals surface area (Å²) in [5.41, 5.74) is 4.26. The number of aromatic nitrogens is 2. The highest BCUT2D eigenvalue weighted by atomic mass is 19.1. The Morgan fingerprint density at radius 3 is 2.62 bits per heavy atom. The molecule has 1 fully saturated rings. The number of halogens is 1. The molecule has 0 radical (unpaired) electrons. The standard InChI is InChI=1S/C22H24FN3/c23-19-11-9-17(10-12-19)22-25-15-21(26-22)18-6-4-5-16(13-18)14-24-20-7-2-1-3-8-20/h4-6,9-13,15,20,24H,1-3,7-8,14H2,(H,25,26). The van der Waals surface area contributed by atoms with Gasteiger partial charge in [0.05, 0.1) is 11.9 Å². The van der Waals surface area contributed by atoms with Crippen molar-refractivity contribution in [2.24, 2.45) is 0 Å². The Hall–Kier alpha value is -2.46. The molecular weight excluding hydrogens is 325 g/mol. The summed E-state index contributed by atoms with van der Waals surface area (Å²) < 4.78 is 13.1. The van der Waals surface area contributed by atoms with Crippen molar-refractivity contribution in [2.45, 2.75) is 44.7 Å². The molecule has 0 aliphatic heterocycles. The Labute approximate surface area is 153 Å². The van der Waals surface area contributed by atoms with E-state index in [0.29, 0.717) is 6.04 Å². The van der Waals surface area contributed by atoms with Crippen LogP contribution in [0.25, 0.3) is 22.6 Å². The first-order valence-electron chi connectivity index (χ1n) is 9.41. The number of aromatic amines is 1. The molecule has 3 nitrogen and oxygen atoms in total. The molecule has 0 atom stereocenters. The van der Waals surface area contributed by atoms with E-state index in [1.807, 2.05) is 6.20 Å². The summed E-state index contributed by atoms with van der Waals surface area (Å²) in [6.45, 7) is 0.900.